The van der Waals surface area contributed by atoms with Gasteiger partial charge in [-0.15, -0.1) is 0 Å². The van der Waals surface area contributed by atoms with Crippen LogP contribution in [0.2, 0.25) is 0 Å². The Balaban J connectivity index is 1.26. The van der Waals surface area contributed by atoms with Gasteiger partial charge in [-0.1, -0.05) is 30.3 Å². The highest BCUT2D eigenvalue weighted by Gasteiger charge is 2.46. The van der Waals surface area contributed by atoms with E-state index >= 15 is 0 Å². The molecule has 1 aromatic carbocycles. The number of carbonyl (C=O) groups is 2. The number of rotatable bonds is 9. The van der Waals surface area contributed by atoms with Crippen molar-refractivity contribution >= 4 is 12.1 Å². The fourth-order valence-electron chi connectivity index (χ4n) is 4.90. The van der Waals surface area contributed by atoms with Crippen LogP contribution in [0.4, 0.5) is 4.79 Å². The molecule has 2 atom stereocenters. The Morgan fingerprint density at radius 2 is 1.91 bits per heavy atom. The fourth-order valence-corrected chi connectivity index (χ4v) is 4.90. The van der Waals surface area contributed by atoms with E-state index in [-0.39, 0.29) is 17.8 Å². The molecule has 190 valence electrons. The van der Waals surface area contributed by atoms with Gasteiger partial charge in [0.1, 0.15) is 11.9 Å². The molecule has 1 aromatic heterocycles. The molecular formula is C27H37N3O5. The van der Waals surface area contributed by atoms with Crippen LogP contribution in [0, 0.1) is 5.92 Å². The molecule has 0 spiro atoms. The number of aryl methyl sites for hydroxylation is 1. The normalized spacial score (nSPS) is 21.0. The smallest absolute Gasteiger partial charge is 0.410 e. The van der Waals surface area contributed by atoms with Gasteiger partial charge in [0.25, 0.3) is 0 Å². The van der Waals surface area contributed by atoms with Crippen molar-refractivity contribution in [2.24, 2.45) is 5.92 Å². The Labute approximate surface area is 207 Å². The van der Waals surface area contributed by atoms with Crippen LogP contribution in [-0.4, -0.2) is 69.8 Å². The van der Waals surface area contributed by atoms with E-state index in [1.54, 1.807) is 0 Å². The molecule has 8 nitrogen and oxygen atoms in total. The Morgan fingerprint density at radius 1 is 1.20 bits per heavy atom. The van der Waals surface area contributed by atoms with Crippen LogP contribution in [0.3, 0.4) is 0 Å². The molecule has 1 N–H and O–H groups in total. The zero-order valence-corrected chi connectivity index (χ0v) is 21.0. The molecule has 35 heavy (non-hydrogen) atoms. The minimum Gasteiger partial charge on any atom is -0.476 e. The number of amides is 1. The first-order valence-electron chi connectivity index (χ1n) is 12.6. The van der Waals surface area contributed by atoms with Crippen LogP contribution in [0.5, 0.6) is 0 Å². The summed E-state index contributed by atoms with van der Waals surface area (Å²) in [6, 6.07) is 10.7. The third-order valence-electron chi connectivity index (χ3n) is 6.81. The molecule has 2 aliphatic rings. The average Bonchev–Trinajstić information content (AvgIpc) is 3.46. The summed E-state index contributed by atoms with van der Waals surface area (Å²) in [5.41, 5.74) is 0.743. The van der Waals surface area contributed by atoms with Crippen molar-refractivity contribution in [1.82, 2.24) is 14.8 Å². The number of carboxylic acids is 1. The number of carbonyl (C=O) groups excluding carboxylic acids is 1. The van der Waals surface area contributed by atoms with Gasteiger partial charge in [0, 0.05) is 24.9 Å². The first-order chi connectivity index (χ1) is 16.7. The monoisotopic (exact) mass is 483 g/mol. The molecule has 1 saturated carbocycles. The number of hydrogen-bond donors (Lipinski definition) is 1. The van der Waals surface area contributed by atoms with Gasteiger partial charge in [0.2, 0.25) is 0 Å². The molecular weight excluding hydrogens is 446 g/mol. The van der Waals surface area contributed by atoms with Gasteiger partial charge in [-0.05, 0) is 77.6 Å². The van der Waals surface area contributed by atoms with Gasteiger partial charge in [-0.25, -0.2) is 14.6 Å². The van der Waals surface area contributed by atoms with Crippen molar-refractivity contribution in [1.29, 1.82) is 0 Å². The molecule has 1 aliphatic heterocycles. The quantitative estimate of drug-likeness (QED) is 0.547. The summed E-state index contributed by atoms with van der Waals surface area (Å²) < 4.78 is 11.0. The lowest BCUT2D eigenvalue weighted by Crippen LogP contribution is -2.44. The van der Waals surface area contributed by atoms with Gasteiger partial charge in [0.15, 0.2) is 11.6 Å². The van der Waals surface area contributed by atoms with E-state index in [1.807, 2.05) is 31.7 Å². The molecule has 0 radical (unpaired) electrons. The number of aromatic carboxylic acids is 1. The van der Waals surface area contributed by atoms with Crippen LogP contribution in [0.1, 0.15) is 74.3 Å². The van der Waals surface area contributed by atoms with Gasteiger partial charge < -0.3 is 24.1 Å². The first-order valence-corrected chi connectivity index (χ1v) is 12.6. The van der Waals surface area contributed by atoms with Gasteiger partial charge >= 0.3 is 12.1 Å². The highest BCUT2D eigenvalue weighted by molar-refractivity contribution is 5.84. The number of likely N-dealkylation sites (tertiary alicyclic amines) is 1. The van der Waals surface area contributed by atoms with E-state index in [4.69, 9.17) is 14.3 Å². The second kappa shape index (κ2) is 10.8. The number of piperidine rings is 1. The average molecular weight is 484 g/mol. The minimum atomic E-state index is -1.07. The minimum absolute atomic E-state index is 0.0412. The fraction of sp³-hybridized carbons (Fsp3) is 0.593. The van der Waals surface area contributed by atoms with E-state index in [9.17, 15) is 9.59 Å². The molecule has 8 heteroatoms. The Morgan fingerprint density at radius 3 is 2.54 bits per heavy atom. The summed E-state index contributed by atoms with van der Waals surface area (Å²) in [7, 11) is 0. The van der Waals surface area contributed by atoms with Crippen LogP contribution in [-0.2, 0) is 11.2 Å². The molecule has 1 amide bonds. The number of carboxylic acid groups (broad SMARTS) is 1. The zero-order valence-electron chi connectivity index (χ0n) is 21.0. The van der Waals surface area contributed by atoms with Crippen molar-refractivity contribution in [3.05, 3.63) is 53.7 Å². The third-order valence-corrected chi connectivity index (χ3v) is 6.81. The summed E-state index contributed by atoms with van der Waals surface area (Å²) in [5.74, 6) is 0.257. The molecule has 1 saturated heterocycles. The van der Waals surface area contributed by atoms with E-state index in [1.165, 1.54) is 11.8 Å². The molecule has 2 heterocycles. The number of hydrogen-bond acceptors (Lipinski definition) is 6. The predicted molar refractivity (Wildman–Crippen MR) is 131 cm³/mol. The van der Waals surface area contributed by atoms with Crippen LogP contribution < -0.4 is 0 Å². The highest BCUT2D eigenvalue weighted by atomic mass is 16.6. The SMILES string of the molecule is CC(C)(C)OC(=O)N(CC1CCN(CCCc2nc(C(=O)O)co2)CC1)C1CC1c1ccccc1. The first kappa shape index (κ1) is 25.2. The summed E-state index contributed by atoms with van der Waals surface area (Å²) in [4.78, 5) is 32.5. The summed E-state index contributed by atoms with van der Waals surface area (Å²) >= 11 is 0. The van der Waals surface area contributed by atoms with Gasteiger partial charge in [-0.3, -0.25) is 0 Å². The number of nitrogens with zero attached hydrogens (tertiary/aromatic N) is 3. The lowest BCUT2D eigenvalue weighted by atomic mass is 9.96. The largest absolute Gasteiger partial charge is 0.476 e. The van der Waals surface area contributed by atoms with Crippen LogP contribution in [0.15, 0.2) is 41.0 Å². The Kier molecular flexibility index (Phi) is 7.79. The predicted octanol–water partition coefficient (Wildman–Crippen LogP) is 4.81. The lowest BCUT2D eigenvalue weighted by molar-refractivity contribution is 0.0171. The van der Waals surface area contributed by atoms with Crippen LogP contribution in [0.25, 0.3) is 0 Å². The number of oxazole rings is 1. The molecule has 2 unspecified atom stereocenters. The van der Waals surface area contributed by atoms with Crippen molar-refractivity contribution in [3.63, 3.8) is 0 Å². The molecule has 2 fully saturated rings. The zero-order chi connectivity index (χ0) is 25.0. The number of benzene rings is 1. The van der Waals surface area contributed by atoms with Gasteiger partial charge in [-0.2, -0.15) is 0 Å². The standard InChI is InChI=1S/C27H37N3O5/c1-27(2,3)35-26(33)30(23-16-21(23)20-8-5-4-6-9-20)17-19-11-14-29(15-12-19)13-7-10-24-28-22(18-34-24)25(31)32/h4-6,8-9,18-19,21,23H,7,10-17H2,1-3H3,(H,31,32). The van der Waals surface area contributed by atoms with E-state index in [0.717, 1.165) is 51.9 Å². The summed E-state index contributed by atoms with van der Waals surface area (Å²) in [6.45, 7) is 9.41. The third kappa shape index (κ3) is 7.07. The Bertz CT molecular complexity index is 992. The topological polar surface area (TPSA) is 96.1 Å². The maximum Gasteiger partial charge on any atom is 0.410 e. The Hall–Kier alpha value is -2.87. The maximum absolute atomic E-state index is 13.1. The van der Waals surface area contributed by atoms with Crippen LogP contribution >= 0.6 is 0 Å². The summed E-state index contributed by atoms with van der Waals surface area (Å²) in [5, 5.41) is 8.95. The highest BCUT2D eigenvalue weighted by Crippen LogP contribution is 2.45. The van der Waals surface area contributed by atoms with E-state index < -0.39 is 11.6 Å². The molecule has 2 aromatic rings. The molecule has 4 rings (SSSR count). The lowest BCUT2D eigenvalue weighted by Gasteiger charge is -2.35. The molecule has 1 aliphatic carbocycles. The van der Waals surface area contributed by atoms with E-state index in [0.29, 0.717) is 24.1 Å². The van der Waals surface area contributed by atoms with Crippen molar-refractivity contribution in [2.45, 2.75) is 70.4 Å². The number of aromatic nitrogens is 1. The number of ether oxygens (including phenoxy) is 1. The maximum atomic E-state index is 13.1. The van der Waals surface area contributed by atoms with E-state index in [2.05, 4.69) is 34.1 Å². The second-order valence-corrected chi connectivity index (χ2v) is 10.8. The van der Waals surface area contributed by atoms with Crippen molar-refractivity contribution in [3.8, 4) is 0 Å². The summed E-state index contributed by atoms with van der Waals surface area (Å²) in [6.07, 6.45) is 5.58. The van der Waals surface area contributed by atoms with Crippen molar-refractivity contribution in [2.75, 3.05) is 26.2 Å². The molecule has 0 bridgehead atoms. The van der Waals surface area contributed by atoms with Gasteiger partial charge in [0.05, 0.1) is 0 Å². The second-order valence-electron chi connectivity index (χ2n) is 10.8. The van der Waals surface area contributed by atoms with Crippen molar-refractivity contribution < 1.29 is 23.8 Å².